The van der Waals surface area contributed by atoms with Crippen molar-refractivity contribution in [1.29, 1.82) is 0 Å². The fraction of sp³-hybridized carbons (Fsp3) is 0.474. The average Bonchev–Trinajstić information content (AvgIpc) is 3.31. The summed E-state index contributed by atoms with van der Waals surface area (Å²) in [5, 5.41) is 4.53. The first kappa shape index (κ1) is 17.3. The minimum absolute atomic E-state index is 0.242. The number of carbonyl (C=O) groups excluding carboxylic acids is 1. The van der Waals surface area contributed by atoms with E-state index in [-0.39, 0.29) is 12.1 Å². The molecule has 1 aromatic heterocycles. The van der Waals surface area contributed by atoms with Crippen LogP contribution in [0.2, 0.25) is 0 Å². The van der Waals surface area contributed by atoms with Crippen LogP contribution in [0.25, 0.3) is 11.3 Å². The van der Waals surface area contributed by atoms with Crippen LogP contribution in [0.3, 0.4) is 0 Å². The number of nitrogens with zero attached hydrogens (tertiary/aromatic N) is 2. The van der Waals surface area contributed by atoms with E-state index in [0.29, 0.717) is 13.0 Å². The van der Waals surface area contributed by atoms with Crippen LogP contribution < -0.4 is 9.47 Å². The van der Waals surface area contributed by atoms with Gasteiger partial charge in [-0.15, -0.1) is 0 Å². The van der Waals surface area contributed by atoms with Crippen LogP contribution >= 0.6 is 0 Å². The molecule has 0 amide bonds. The minimum atomic E-state index is -0.242. The summed E-state index contributed by atoms with van der Waals surface area (Å²) in [6.45, 7) is 0.494. The maximum Gasteiger partial charge on any atom is 0.307 e. The van der Waals surface area contributed by atoms with E-state index in [9.17, 15) is 4.79 Å². The van der Waals surface area contributed by atoms with Crippen LogP contribution in [0.4, 0.5) is 0 Å². The molecule has 6 heteroatoms. The lowest BCUT2D eigenvalue weighted by atomic mass is 10.1. The number of aromatic nitrogens is 2. The molecular formula is C19H24N2O4. The van der Waals surface area contributed by atoms with Crippen LogP contribution in [-0.2, 0) is 16.1 Å². The van der Waals surface area contributed by atoms with E-state index < -0.39 is 0 Å². The fourth-order valence-electron chi connectivity index (χ4n) is 3.06. The van der Waals surface area contributed by atoms with Crippen molar-refractivity contribution in [3.05, 3.63) is 30.5 Å². The number of benzene rings is 1. The van der Waals surface area contributed by atoms with Crippen LogP contribution in [0, 0.1) is 0 Å². The SMILES string of the molecule is COC(=O)CCn1ccc(-c2ccc(OC)c(OC3CCCC3)c2)n1. The Morgan fingerprint density at radius 3 is 2.72 bits per heavy atom. The molecule has 0 saturated heterocycles. The maximum atomic E-state index is 11.2. The Hall–Kier alpha value is -2.50. The van der Waals surface area contributed by atoms with Gasteiger partial charge in [0.1, 0.15) is 0 Å². The van der Waals surface area contributed by atoms with Gasteiger partial charge in [-0.2, -0.15) is 5.10 Å². The van der Waals surface area contributed by atoms with E-state index >= 15 is 0 Å². The van der Waals surface area contributed by atoms with E-state index in [0.717, 1.165) is 35.6 Å². The Morgan fingerprint density at radius 2 is 2.00 bits per heavy atom. The Morgan fingerprint density at radius 1 is 1.20 bits per heavy atom. The van der Waals surface area contributed by atoms with Gasteiger partial charge in [-0.25, -0.2) is 0 Å². The van der Waals surface area contributed by atoms with E-state index in [2.05, 4.69) is 9.84 Å². The summed E-state index contributed by atoms with van der Waals surface area (Å²) >= 11 is 0. The Bertz CT molecular complexity index is 720. The van der Waals surface area contributed by atoms with Gasteiger partial charge < -0.3 is 14.2 Å². The number of ether oxygens (including phenoxy) is 3. The van der Waals surface area contributed by atoms with Crippen molar-refractivity contribution in [2.45, 2.75) is 44.8 Å². The summed E-state index contributed by atoms with van der Waals surface area (Å²) in [6, 6.07) is 7.78. The predicted octanol–water partition coefficient (Wildman–Crippen LogP) is 3.44. The molecule has 0 atom stereocenters. The molecule has 0 N–H and O–H groups in total. The molecular weight excluding hydrogens is 320 g/mol. The van der Waals surface area contributed by atoms with Gasteiger partial charge in [0.15, 0.2) is 11.5 Å². The fourth-order valence-corrected chi connectivity index (χ4v) is 3.06. The van der Waals surface area contributed by atoms with Crippen LogP contribution in [0.15, 0.2) is 30.5 Å². The molecule has 1 aromatic carbocycles. The molecule has 0 unspecified atom stereocenters. The van der Waals surface area contributed by atoms with Crippen LogP contribution in [0.5, 0.6) is 11.5 Å². The van der Waals surface area contributed by atoms with Crippen molar-refractivity contribution in [2.24, 2.45) is 0 Å². The largest absolute Gasteiger partial charge is 0.493 e. The lowest BCUT2D eigenvalue weighted by Gasteiger charge is -2.16. The highest BCUT2D eigenvalue weighted by Gasteiger charge is 2.19. The first-order chi connectivity index (χ1) is 12.2. The highest BCUT2D eigenvalue weighted by atomic mass is 16.5. The molecule has 0 radical (unpaired) electrons. The standard InChI is InChI=1S/C19H24N2O4/c1-23-17-8-7-14(13-18(17)25-15-5-3-4-6-15)16-9-11-21(20-16)12-10-19(22)24-2/h7-9,11,13,15H,3-6,10,12H2,1-2H3. The molecule has 1 fully saturated rings. The van der Waals surface area contributed by atoms with Gasteiger partial charge in [0, 0.05) is 11.8 Å². The zero-order chi connectivity index (χ0) is 17.6. The number of esters is 1. The number of aryl methyl sites for hydroxylation is 1. The lowest BCUT2D eigenvalue weighted by Crippen LogP contribution is -2.11. The molecule has 1 aliphatic rings. The minimum Gasteiger partial charge on any atom is -0.493 e. The van der Waals surface area contributed by atoms with E-state index in [1.54, 1.807) is 11.8 Å². The highest BCUT2D eigenvalue weighted by Crippen LogP contribution is 2.35. The molecule has 3 rings (SSSR count). The zero-order valence-corrected chi connectivity index (χ0v) is 14.7. The summed E-state index contributed by atoms with van der Waals surface area (Å²) in [7, 11) is 3.04. The summed E-state index contributed by atoms with van der Waals surface area (Å²) < 4.78 is 18.0. The third kappa shape index (κ3) is 4.32. The van der Waals surface area contributed by atoms with E-state index in [1.165, 1.54) is 20.0 Å². The van der Waals surface area contributed by atoms with Gasteiger partial charge >= 0.3 is 5.97 Å². The number of carbonyl (C=O) groups is 1. The molecule has 25 heavy (non-hydrogen) atoms. The zero-order valence-electron chi connectivity index (χ0n) is 14.7. The average molecular weight is 344 g/mol. The second-order valence-electron chi connectivity index (χ2n) is 6.18. The van der Waals surface area contributed by atoms with Gasteiger partial charge in [0.25, 0.3) is 0 Å². The molecule has 0 aliphatic heterocycles. The maximum absolute atomic E-state index is 11.2. The monoisotopic (exact) mass is 344 g/mol. The number of hydrogen-bond acceptors (Lipinski definition) is 5. The molecule has 134 valence electrons. The Labute approximate surface area is 147 Å². The quantitative estimate of drug-likeness (QED) is 0.720. The second-order valence-corrected chi connectivity index (χ2v) is 6.18. The second kappa shape index (κ2) is 8.05. The topological polar surface area (TPSA) is 62.6 Å². The summed E-state index contributed by atoms with van der Waals surface area (Å²) in [5.74, 6) is 1.26. The van der Waals surface area contributed by atoms with Gasteiger partial charge in [-0.1, -0.05) is 0 Å². The van der Waals surface area contributed by atoms with E-state index in [1.807, 2.05) is 30.5 Å². The Balaban J connectivity index is 1.75. The van der Waals surface area contributed by atoms with Gasteiger partial charge in [0.05, 0.1) is 39.0 Å². The molecule has 1 aliphatic carbocycles. The molecule has 6 nitrogen and oxygen atoms in total. The normalized spacial score (nSPS) is 14.5. The smallest absolute Gasteiger partial charge is 0.307 e. The van der Waals surface area contributed by atoms with Gasteiger partial charge in [0.2, 0.25) is 0 Å². The molecule has 0 spiro atoms. The van der Waals surface area contributed by atoms with Crippen molar-refractivity contribution in [3.8, 4) is 22.8 Å². The number of hydrogen-bond donors (Lipinski definition) is 0. The summed E-state index contributed by atoms with van der Waals surface area (Å²) in [5.41, 5.74) is 1.80. The van der Waals surface area contributed by atoms with Crippen LogP contribution in [-0.4, -0.2) is 36.1 Å². The molecule has 1 heterocycles. The predicted molar refractivity (Wildman–Crippen MR) is 93.7 cm³/mol. The molecule has 0 bridgehead atoms. The van der Waals surface area contributed by atoms with Crippen molar-refractivity contribution in [2.75, 3.05) is 14.2 Å². The number of methoxy groups -OCH3 is 2. The summed E-state index contributed by atoms with van der Waals surface area (Å²) in [6.07, 6.45) is 7.05. The van der Waals surface area contributed by atoms with Crippen molar-refractivity contribution < 1.29 is 19.0 Å². The first-order valence-electron chi connectivity index (χ1n) is 8.65. The van der Waals surface area contributed by atoms with E-state index in [4.69, 9.17) is 9.47 Å². The van der Waals surface area contributed by atoms with Gasteiger partial charge in [-0.05, 0) is 49.9 Å². The highest BCUT2D eigenvalue weighted by molar-refractivity contribution is 5.69. The Kier molecular flexibility index (Phi) is 5.58. The van der Waals surface area contributed by atoms with Crippen LogP contribution in [0.1, 0.15) is 32.1 Å². The van der Waals surface area contributed by atoms with Crippen molar-refractivity contribution in [1.82, 2.24) is 9.78 Å². The van der Waals surface area contributed by atoms with Crippen molar-refractivity contribution in [3.63, 3.8) is 0 Å². The molecule has 1 saturated carbocycles. The van der Waals surface area contributed by atoms with Gasteiger partial charge in [-0.3, -0.25) is 9.48 Å². The lowest BCUT2D eigenvalue weighted by molar-refractivity contribution is -0.140. The summed E-state index contributed by atoms with van der Waals surface area (Å²) in [4.78, 5) is 11.2. The van der Waals surface area contributed by atoms with Crippen molar-refractivity contribution >= 4 is 5.97 Å². The molecule has 2 aromatic rings. The number of rotatable bonds is 7. The third-order valence-corrected chi connectivity index (χ3v) is 4.47. The first-order valence-corrected chi connectivity index (χ1v) is 8.65. The third-order valence-electron chi connectivity index (χ3n) is 4.47.